The molecule has 1 aromatic rings. The number of hydrogen-bond acceptors (Lipinski definition) is 3. The lowest BCUT2D eigenvalue weighted by molar-refractivity contribution is 0.368. The fourth-order valence-electron chi connectivity index (χ4n) is 1.59. The van der Waals surface area contributed by atoms with Crippen molar-refractivity contribution in [1.29, 1.82) is 0 Å². The number of nitrogens with zero attached hydrogens (tertiary/aromatic N) is 2. The maximum Gasteiger partial charge on any atom is 0.246 e. The highest BCUT2D eigenvalue weighted by atomic mass is 32.2. The van der Waals surface area contributed by atoms with Gasteiger partial charge in [-0.25, -0.2) is 8.42 Å². The molecule has 1 rings (SSSR count). The Bertz CT molecular complexity index is 439. The SMILES string of the molecule is CCCC(C)N(C)S(=O)(=O)c1cn[nH]c1C. The van der Waals surface area contributed by atoms with Crippen molar-refractivity contribution in [2.24, 2.45) is 0 Å². The Labute approximate surface area is 96.9 Å². The molecule has 0 aliphatic carbocycles. The van der Waals surface area contributed by atoms with E-state index in [1.807, 2.05) is 13.8 Å². The van der Waals surface area contributed by atoms with Crippen LogP contribution in [-0.4, -0.2) is 36.0 Å². The first kappa shape index (κ1) is 13.2. The van der Waals surface area contributed by atoms with Crippen molar-refractivity contribution in [3.05, 3.63) is 11.9 Å². The number of nitrogens with one attached hydrogen (secondary N) is 1. The maximum atomic E-state index is 12.2. The van der Waals surface area contributed by atoms with Crippen molar-refractivity contribution < 1.29 is 8.42 Å². The highest BCUT2D eigenvalue weighted by Gasteiger charge is 2.27. The third kappa shape index (κ3) is 2.44. The van der Waals surface area contributed by atoms with E-state index in [2.05, 4.69) is 10.2 Å². The van der Waals surface area contributed by atoms with Gasteiger partial charge >= 0.3 is 0 Å². The van der Waals surface area contributed by atoms with Gasteiger partial charge in [-0.05, 0) is 20.3 Å². The van der Waals surface area contributed by atoms with E-state index < -0.39 is 10.0 Å². The molecule has 1 atom stereocenters. The summed E-state index contributed by atoms with van der Waals surface area (Å²) in [5, 5.41) is 6.39. The molecule has 6 heteroatoms. The van der Waals surface area contributed by atoms with Gasteiger partial charge in [-0.2, -0.15) is 9.40 Å². The zero-order valence-corrected chi connectivity index (χ0v) is 11.0. The van der Waals surface area contributed by atoms with E-state index in [4.69, 9.17) is 0 Å². The molecule has 5 nitrogen and oxygen atoms in total. The first-order valence-electron chi connectivity index (χ1n) is 5.39. The number of sulfonamides is 1. The fourth-order valence-corrected chi connectivity index (χ4v) is 3.10. The molecule has 0 bridgehead atoms. The van der Waals surface area contributed by atoms with Gasteiger partial charge in [0.2, 0.25) is 10.0 Å². The summed E-state index contributed by atoms with van der Waals surface area (Å²) in [5.74, 6) is 0. The second kappa shape index (κ2) is 4.97. The van der Waals surface area contributed by atoms with Gasteiger partial charge in [-0.1, -0.05) is 13.3 Å². The average Bonchev–Trinajstić information content (AvgIpc) is 2.64. The summed E-state index contributed by atoms with van der Waals surface area (Å²) in [6, 6.07) is 0.00398. The van der Waals surface area contributed by atoms with E-state index in [-0.39, 0.29) is 10.9 Å². The van der Waals surface area contributed by atoms with Crippen LogP contribution >= 0.6 is 0 Å². The topological polar surface area (TPSA) is 66.1 Å². The first-order chi connectivity index (χ1) is 7.41. The molecule has 0 radical (unpaired) electrons. The molecule has 92 valence electrons. The Kier molecular flexibility index (Phi) is 4.09. The van der Waals surface area contributed by atoms with Crippen LogP contribution in [0, 0.1) is 6.92 Å². The lowest BCUT2D eigenvalue weighted by Gasteiger charge is -2.23. The molecule has 1 heterocycles. The Hall–Kier alpha value is -0.880. The molecule has 0 aliphatic heterocycles. The van der Waals surface area contributed by atoms with E-state index in [9.17, 15) is 8.42 Å². The molecule has 1 N–H and O–H groups in total. The molecule has 16 heavy (non-hydrogen) atoms. The summed E-state index contributed by atoms with van der Waals surface area (Å²) in [4.78, 5) is 0.262. The van der Waals surface area contributed by atoms with Crippen LogP contribution in [0.1, 0.15) is 32.4 Å². The van der Waals surface area contributed by atoms with Gasteiger partial charge < -0.3 is 0 Å². The van der Waals surface area contributed by atoms with Crippen LogP contribution < -0.4 is 0 Å². The van der Waals surface area contributed by atoms with E-state index in [1.54, 1.807) is 14.0 Å². The summed E-state index contributed by atoms with van der Waals surface area (Å²) < 4.78 is 25.8. The second-order valence-electron chi connectivity index (χ2n) is 4.02. The van der Waals surface area contributed by atoms with Crippen LogP contribution in [0.25, 0.3) is 0 Å². The average molecular weight is 245 g/mol. The molecule has 1 unspecified atom stereocenters. The molecular formula is C10H19N3O2S. The quantitative estimate of drug-likeness (QED) is 0.855. The number of aromatic nitrogens is 2. The molecule has 0 saturated heterocycles. The van der Waals surface area contributed by atoms with Crippen molar-refractivity contribution in [2.75, 3.05) is 7.05 Å². The maximum absolute atomic E-state index is 12.2. The van der Waals surface area contributed by atoms with Crippen LogP contribution in [0.2, 0.25) is 0 Å². The number of hydrogen-bond donors (Lipinski definition) is 1. The first-order valence-corrected chi connectivity index (χ1v) is 6.83. The van der Waals surface area contributed by atoms with Crippen molar-refractivity contribution in [3.8, 4) is 0 Å². The lowest BCUT2D eigenvalue weighted by atomic mass is 10.2. The zero-order chi connectivity index (χ0) is 12.3. The van der Waals surface area contributed by atoms with Crippen LogP contribution in [0.15, 0.2) is 11.1 Å². The van der Waals surface area contributed by atoms with Crippen molar-refractivity contribution >= 4 is 10.0 Å². The van der Waals surface area contributed by atoms with Gasteiger partial charge in [0.25, 0.3) is 0 Å². The second-order valence-corrected chi connectivity index (χ2v) is 5.98. The summed E-state index contributed by atoms with van der Waals surface area (Å²) >= 11 is 0. The van der Waals surface area contributed by atoms with Gasteiger partial charge in [0.15, 0.2) is 0 Å². The zero-order valence-electron chi connectivity index (χ0n) is 10.2. The third-order valence-electron chi connectivity index (χ3n) is 2.77. The Morgan fingerprint density at radius 1 is 1.56 bits per heavy atom. The van der Waals surface area contributed by atoms with Crippen LogP contribution in [-0.2, 0) is 10.0 Å². The van der Waals surface area contributed by atoms with Crippen LogP contribution in [0.5, 0.6) is 0 Å². The smallest absolute Gasteiger partial charge is 0.246 e. The minimum Gasteiger partial charge on any atom is -0.281 e. The van der Waals surface area contributed by atoms with Crippen LogP contribution in [0.4, 0.5) is 0 Å². The normalized spacial score (nSPS) is 14.3. The predicted molar refractivity (Wildman–Crippen MR) is 62.6 cm³/mol. The van der Waals surface area contributed by atoms with Crippen molar-refractivity contribution in [1.82, 2.24) is 14.5 Å². The highest BCUT2D eigenvalue weighted by Crippen LogP contribution is 2.19. The number of aryl methyl sites for hydroxylation is 1. The summed E-state index contributed by atoms with van der Waals surface area (Å²) in [5.41, 5.74) is 0.579. The molecular weight excluding hydrogens is 226 g/mol. The molecule has 0 saturated carbocycles. The highest BCUT2D eigenvalue weighted by molar-refractivity contribution is 7.89. The Balaban J connectivity index is 2.99. The van der Waals surface area contributed by atoms with E-state index in [0.29, 0.717) is 5.69 Å². The lowest BCUT2D eigenvalue weighted by Crippen LogP contribution is -2.35. The Morgan fingerprint density at radius 2 is 2.19 bits per heavy atom. The number of rotatable bonds is 5. The molecule has 0 spiro atoms. The van der Waals surface area contributed by atoms with E-state index in [0.717, 1.165) is 12.8 Å². The summed E-state index contributed by atoms with van der Waals surface area (Å²) in [6.07, 6.45) is 3.18. The standard InChI is InChI=1S/C10H19N3O2S/c1-5-6-8(2)13(4)16(14,15)10-7-11-12-9(10)3/h7-8H,5-6H2,1-4H3,(H,11,12). The van der Waals surface area contributed by atoms with E-state index >= 15 is 0 Å². The van der Waals surface area contributed by atoms with Crippen LogP contribution in [0.3, 0.4) is 0 Å². The van der Waals surface area contributed by atoms with Gasteiger partial charge in [0.1, 0.15) is 4.90 Å². The van der Waals surface area contributed by atoms with Crippen molar-refractivity contribution in [3.63, 3.8) is 0 Å². The molecule has 0 fully saturated rings. The molecule has 0 aliphatic rings. The molecule has 0 amide bonds. The number of aromatic amines is 1. The van der Waals surface area contributed by atoms with Gasteiger partial charge in [-0.3, -0.25) is 5.10 Å². The van der Waals surface area contributed by atoms with Gasteiger partial charge in [-0.15, -0.1) is 0 Å². The molecule has 1 aromatic heterocycles. The van der Waals surface area contributed by atoms with Gasteiger partial charge in [0.05, 0.1) is 11.9 Å². The minimum atomic E-state index is -3.41. The van der Waals surface area contributed by atoms with Gasteiger partial charge in [0, 0.05) is 13.1 Å². The summed E-state index contributed by atoms with van der Waals surface area (Å²) in [6.45, 7) is 5.66. The molecule has 0 aromatic carbocycles. The largest absolute Gasteiger partial charge is 0.281 e. The monoisotopic (exact) mass is 245 g/mol. The number of H-pyrrole nitrogens is 1. The van der Waals surface area contributed by atoms with Crippen molar-refractivity contribution in [2.45, 2.75) is 44.6 Å². The minimum absolute atomic E-state index is 0.00398. The fraction of sp³-hybridized carbons (Fsp3) is 0.700. The third-order valence-corrected chi connectivity index (χ3v) is 4.85. The Morgan fingerprint density at radius 3 is 2.62 bits per heavy atom. The predicted octanol–water partition coefficient (Wildman–Crippen LogP) is 1.53. The summed E-state index contributed by atoms with van der Waals surface area (Å²) in [7, 11) is -1.79. The van der Waals surface area contributed by atoms with E-state index in [1.165, 1.54) is 10.5 Å².